The molecule has 0 radical (unpaired) electrons. The van der Waals surface area contributed by atoms with Crippen molar-refractivity contribution in [1.29, 1.82) is 0 Å². The lowest BCUT2D eigenvalue weighted by Gasteiger charge is -2.15. The van der Waals surface area contributed by atoms with Crippen LogP contribution in [0.3, 0.4) is 0 Å². The summed E-state index contributed by atoms with van der Waals surface area (Å²) in [7, 11) is 0. The van der Waals surface area contributed by atoms with E-state index < -0.39 is 6.10 Å². The molecule has 0 aromatic carbocycles. The van der Waals surface area contributed by atoms with Crippen LogP contribution in [0.4, 0.5) is 0 Å². The highest BCUT2D eigenvalue weighted by molar-refractivity contribution is 5.70. The first-order valence-electron chi connectivity index (χ1n) is 43.8. The predicted octanol–water partition coefficient (Wildman–Crippen LogP) is 31.1. The monoisotopic (exact) mass is 1340 g/mol. The van der Waals surface area contributed by atoms with Crippen LogP contribution in [-0.4, -0.2) is 36.4 Å². The smallest absolute Gasteiger partial charge is 0.306 e. The van der Waals surface area contributed by atoms with Crippen molar-refractivity contribution in [2.24, 2.45) is 0 Å². The Kier molecular flexibility index (Phi) is 84.6. The first-order valence-corrected chi connectivity index (χ1v) is 43.8. The molecule has 564 valence electrons. The molecule has 0 fully saturated rings. The zero-order valence-corrected chi connectivity index (χ0v) is 65.2. The normalized spacial score (nSPS) is 12.4. The van der Waals surface area contributed by atoms with Crippen molar-refractivity contribution in [3.8, 4) is 0 Å². The fraction of sp³-hybridized carbons (Fsp3) is 0.868. The number of ether oxygens (including phenoxy) is 2. The zero-order chi connectivity index (χ0) is 69.0. The van der Waals surface area contributed by atoms with E-state index in [2.05, 4.69) is 74.6 Å². The predicted molar refractivity (Wildman–Crippen MR) is 427 cm³/mol. The van der Waals surface area contributed by atoms with E-state index in [4.69, 9.17) is 9.47 Å². The molecule has 0 aliphatic carbocycles. The van der Waals surface area contributed by atoms with E-state index in [0.29, 0.717) is 12.8 Å². The van der Waals surface area contributed by atoms with Gasteiger partial charge in [-0.1, -0.05) is 453 Å². The van der Waals surface area contributed by atoms with Gasteiger partial charge < -0.3 is 14.6 Å². The number of aliphatic hydroxyl groups excluding tert-OH is 1. The van der Waals surface area contributed by atoms with Crippen LogP contribution in [0.25, 0.3) is 0 Å². The van der Waals surface area contributed by atoms with Crippen LogP contribution in [0.15, 0.2) is 60.8 Å². The van der Waals surface area contributed by atoms with E-state index in [-0.39, 0.29) is 25.2 Å². The lowest BCUT2D eigenvalue weighted by Crippen LogP contribution is -2.28. The molecular formula is C91H170O5. The topological polar surface area (TPSA) is 72.8 Å². The van der Waals surface area contributed by atoms with Gasteiger partial charge in [0.1, 0.15) is 6.61 Å². The van der Waals surface area contributed by atoms with Crippen molar-refractivity contribution in [3.05, 3.63) is 60.8 Å². The average Bonchev–Trinajstić information content (AvgIpc) is 3.79. The van der Waals surface area contributed by atoms with Gasteiger partial charge in [-0.15, -0.1) is 0 Å². The molecule has 5 heteroatoms. The van der Waals surface area contributed by atoms with Gasteiger partial charge in [0.2, 0.25) is 0 Å². The molecule has 0 amide bonds. The molecule has 0 aromatic rings. The molecule has 96 heavy (non-hydrogen) atoms. The minimum absolute atomic E-state index is 0.0587. The minimum Gasteiger partial charge on any atom is -0.462 e. The largest absolute Gasteiger partial charge is 0.462 e. The van der Waals surface area contributed by atoms with Crippen molar-refractivity contribution < 1.29 is 24.2 Å². The summed E-state index contributed by atoms with van der Waals surface area (Å²) in [6.07, 6.45) is 121. The number of esters is 2. The Morgan fingerprint density at radius 1 is 0.240 bits per heavy atom. The van der Waals surface area contributed by atoms with Crippen LogP contribution in [0.1, 0.15) is 489 Å². The van der Waals surface area contributed by atoms with Gasteiger partial charge in [-0.05, 0) is 83.5 Å². The molecule has 0 aromatic heterocycles. The summed E-state index contributed by atoms with van der Waals surface area (Å²) in [5.41, 5.74) is 0. The van der Waals surface area contributed by atoms with E-state index in [1.54, 1.807) is 0 Å². The molecule has 0 aliphatic rings. The lowest BCUT2D eigenvalue weighted by molar-refractivity contribution is -0.161. The molecule has 1 N–H and O–H groups in total. The fourth-order valence-electron chi connectivity index (χ4n) is 13.7. The second-order valence-corrected chi connectivity index (χ2v) is 30.0. The number of carbonyl (C=O) groups excluding carboxylic acids is 2. The molecule has 0 heterocycles. The Hall–Kier alpha value is -2.40. The van der Waals surface area contributed by atoms with Gasteiger partial charge in [0.05, 0.1) is 6.61 Å². The third kappa shape index (κ3) is 84.0. The van der Waals surface area contributed by atoms with Crippen molar-refractivity contribution in [3.63, 3.8) is 0 Å². The van der Waals surface area contributed by atoms with Crippen molar-refractivity contribution in [2.75, 3.05) is 13.2 Å². The molecule has 0 saturated carbocycles. The SMILES string of the molecule is CCCCCCC/C=C\C/C=C\C/C=C\CCCCCCCCCCCCCCCCCCCCCCCCCCCCC(=O)OC(CO)COC(=O)CCCCCCCCCCCCCCCCCCCCCCCCCCCCCCC/C=C\C/C=C\CCCCCCC. The Bertz CT molecular complexity index is 1620. The van der Waals surface area contributed by atoms with Gasteiger partial charge in [-0.2, -0.15) is 0 Å². The molecule has 5 nitrogen and oxygen atoms in total. The number of hydrogen-bond acceptors (Lipinski definition) is 5. The Morgan fingerprint density at radius 3 is 0.625 bits per heavy atom. The quantitative estimate of drug-likeness (QED) is 0.0373. The van der Waals surface area contributed by atoms with Gasteiger partial charge in [0, 0.05) is 12.8 Å². The van der Waals surface area contributed by atoms with Gasteiger partial charge in [0.15, 0.2) is 6.10 Å². The van der Waals surface area contributed by atoms with Crippen LogP contribution in [0.2, 0.25) is 0 Å². The Labute approximate surface area is 601 Å². The number of unbranched alkanes of at least 4 members (excludes halogenated alkanes) is 65. The van der Waals surface area contributed by atoms with Crippen molar-refractivity contribution in [1.82, 2.24) is 0 Å². The molecule has 0 spiro atoms. The summed E-state index contributed by atoms with van der Waals surface area (Å²) in [5, 5.41) is 9.75. The summed E-state index contributed by atoms with van der Waals surface area (Å²) in [6, 6.07) is 0. The molecular weight excluding hydrogens is 1170 g/mol. The van der Waals surface area contributed by atoms with Gasteiger partial charge in [-0.25, -0.2) is 0 Å². The summed E-state index contributed by atoms with van der Waals surface area (Å²) in [6.45, 7) is 4.19. The number of hydrogen-bond donors (Lipinski definition) is 1. The molecule has 0 saturated heterocycles. The highest BCUT2D eigenvalue weighted by atomic mass is 16.6. The third-order valence-electron chi connectivity index (χ3n) is 20.3. The van der Waals surface area contributed by atoms with Gasteiger partial charge in [-0.3, -0.25) is 9.59 Å². The fourth-order valence-corrected chi connectivity index (χ4v) is 13.7. The first-order chi connectivity index (χ1) is 47.6. The highest BCUT2D eigenvalue weighted by Gasteiger charge is 2.16. The number of carbonyl (C=O) groups is 2. The minimum atomic E-state index is -0.771. The van der Waals surface area contributed by atoms with Crippen LogP contribution < -0.4 is 0 Å². The second kappa shape index (κ2) is 86.8. The molecule has 1 atom stereocenters. The standard InChI is InChI=1S/C91H170O5/c1-3-5-7-9-11-13-15-17-19-21-23-25-27-29-31-33-35-37-39-41-43-45-47-49-51-53-55-57-59-61-63-65-67-69-71-73-75-77-79-81-83-85-90(93)95-88-89(87-92)96-91(94)86-84-82-80-78-76-74-72-70-68-66-64-62-60-58-56-54-52-50-48-46-44-42-40-38-36-34-32-30-28-26-24-22-20-18-16-14-12-10-8-6-4-2/h15-18,21-24,28,30,89,92H,3-14,19-20,25-27,29,31-88H2,1-2H3/b17-15-,18-16-,23-21-,24-22-,30-28-. The van der Waals surface area contributed by atoms with Crippen LogP contribution >= 0.6 is 0 Å². The van der Waals surface area contributed by atoms with Crippen molar-refractivity contribution >= 4 is 11.9 Å². The zero-order valence-electron chi connectivity index (χ0n) is 65.2. The maximum Gasteiger partial charge on any atom is 0.306 e. The second-order valence-electron chi connectivity index (χ2n) is 30.0. The highest BCUT2D eigenvalue weighted by Crippen LogP contribution is 2.21. The summed E-state index contributed by atoms with van der Waals surface area (Å²) in [5.74, 6) is -0.561. The van der Waals surface area contributed by atoms with Crippen molar-refractivity contribution in [2.45, 2.75) is 495 Å². The van der Waals surface area contributed by atoms with E-state index in [1.165, 1.54) is 411 Å². The van der Waals surface area contributed by atoms with Gasteiger partial charge in [0.25, 0.3) is 0 Å². The van der Waals surface area contributed by atoms with E-state index in [1.807, 2.05) is 0 Å². The molecule has 0 rings (SSSR count). The maximum absolute atomic E-state index is 12.4. The molecule has 0 bridgehead atoms. The number of aliphatic hydroxyl groups is 1. The summed E-state index contributed by atoms with van der Waals surface area (Å²) >= 11 is 0. The van der Waals surface area contributed by atoms with E-state index in [0.717, 1.165) is 51.4 Å². The van der Waals surface area contributed by atoms with Crippen LogP contribution in [0.5, 0.6) is 0 Å². The average molecular weight is 1340 g/mol. The third-order valence-corrected chi connectivity index (χ3v) is 20.3. The molecule has 0 aliphatic heterocycles. The Balaban J connectivity index is 3.35. The first kappa shape index (κ1) is 93.6. The number of allylic oxidation sites excluding steroid dienone is 10. The van der Waals surface area contributed by atoms with E-state index >= 15 is 0 Å². The Morgan fingerprint density at radius 2 is 0.417 bits per heavy atom. The summed E-state index contributed by atoms with van der Waals surface area (Å²) in [4.78, 5) is 24.8. The molecule has 1 unspecified atom stereocenters. The van der Waals surface area contributed by atoms with Crippen LogP contribution in [0, 0.1) is 0 Å². The van der Waals surface area contributed by atoms with Crippen LogP contribution in [-0.2, 0) is 19.1 Å². The van der Waals surface area contributed by atoms with Gasteiger partial charge >= 0.3 is 11.9 Å². The summed E-state index contributed by atoms with van der Waals surface area (Å²) < 4.78 is 10.8. The number of rotatable bonds is 83. The van der Waals surface area contributed by atoms with E-state index in [9.17, 15) is 14.7 Å². The lowest BCUT2D eigenvalue weighted by atomic mass is 10.0. The maximum atomic E-state index is 12.4.